The van der Waals surface area contributed by atoms with Gasteiger partial charge in [0.1, 0.15) is 5.69 Å². The van der Waals surface area contributed by atoms with Crippen molar-refractivity contribution in [2.24, 2.45) is 5.92 Å². The topological polar surface area (TPSA) is 54.0 Å². The quantitative estimate of drug-likeness (QED) is 0.811. The highest BCUT2D eigenvalue weighted by molar-refractivity contribution is 5.92. The van der Waals surface area contributed by atoms with Crippen LogP contribution in [0.15, 0.2) is 18.3 Å². The zero-order valence-corrected chi connectivity index (χ0v) is 11.1. The molecule has 1 aromatic rings. The van der Waals surface area contributed by atoms with Crippen molar-refractivity contribution in [3.63, 3.8) is 0 Å². The first-order chi connectivity index (χ1) is 8.65. The first-order valence-corrected chi connectivity index (χ1v) is 6.66. The number of carbonyl (C=O) groups is 1. The molecule has 1 aliphatic rings. The van der Waals surface area contributed by atoms with E-state index in [-0.39, 0.29) is 5.91 Å². The second-order valence-electron chi connectivity index (χ2n) is 5.29. The zero-order chi connectivity index (χ0) is 13.0. The Labute approximate surface area is 108 Å². The van der Waals surface area contributed by atoms with Crippen LogP contribution in [0.4, 0.5) is 5.69 Å². The number of hydrogen-bond donors (Lipinski definition) is 2. The van der Waals surface area contributed by atoms with Crippen LogP contribution in [-0.4, -0.2) is 23.5 Å². The maximum atomic E-state index is 11.8. The molecule has 0 saturated heterocycles. The maximum absolute atomic E-state index is 11.8. The lowest BCUT2D eigenvalue weighted by molar-refractivity contribution is 0.0947. The minimum Gasteiger partial charge on any atom is -0.381 e. The van der Waals surface area contributed by atoms with Gasteiger partial charge in [-0.15, -0.1) is 0 Å². The van der Waals surface area contributed by atoms with Gasteiger partial charge in [0.2, 0.25) is 0 Å². The number of anilines is 1. The molecule has 1 aliphatic carbocycles. The van der Waals surface area contributed by atoms with Gasteiger partial charge in [-0.3, -0.25) is 4.79 Å². The van der Waals surface area contributed by atoms with Crippen LogP contribution in [0.3, 0.4) is 0 Å². The molecule has 4 nitrogen and oxygen atoms in total. The summed E-state index contributed by atoms with van der Waals surface area (Å²) in [6.45, 7) is 4.99. The van der Waals surface area contributed by atoms with Crippen molar-refractivity contribution >= 4 is 11.6 Å². The van der Waals surface area contributed by atoms with Crippen LogP contribution < -0.4 is 10.6 Å². The van der Waals surface area contributed by atoms with E-state index in [1.807, 2.05) is 6.07 Å². The number of nitrogens with one attached hydrogen (secondary N) is 2. The van der Waals surface area contributed by atoms with Gasteiger partial charge in [0.15, 0.2) is 0 Å². The lowest BCUT2D eigenvalue weighted by atomic mass is 10.1. The highest BCUT2D eigenvalue weighted by Gasteiger charge is 2.20. The zero-order valence-electron chi connectivity index (χ0n) is 11.1. The summed E-state index contributed by atoms with van der Waals surface area (Å²) in [6.07, 6.45) is 5.19. The molecular weight excluding hydrogens is 226 g/mol. The Morgan fingerprint density at radius 2 is 2.22 bits per heavy atom. The van der Waals surface area contributed by atoms with Crippen LogP contribution in [0.2, 0.25) is 0 Å². The SMILES string of the molecule is CC(C)CCNC(=O)c1ccc(NC2CC2)cn1. The van der Waals surface area contributed by atoms with E-state index < -0.39 is 0 Å². The largest absolute Gasteiger partial charge is 0.381 e. The number of rotatable bonds is 6. The second kappa shape index (κ2) is 5.85. The van der Waals surface area contributed by atoms with Gasteiger partial charge in [-0.05, 0) is 37.3 Å². The summed E-state index contributed by atoms with van der Waals surface area (Å²) >= 11 is 0. The van der Waals surface area contributed by atoms with E-state index in [9.17, 15) is 4.79 Å². The fourth-order valence-electron chi connectivity index (χ4n) is 1.64. The van der Waals surface area contributed by atoms with Crippen molar-refractivity contribution < 1.29 is 4.79 Å². The molecule has 2 N–H and O–H groups in total. The van der Waals surface area contributed by atoms with Crippen LogP contribution in [0.25, 0.3) is 0 Å². The number of nitrogens with zero attached hydrogens (tertiary/aromatic N) is 1. The predicted molar refractivity (Wildman–Crippen MR) is 72.7 cm³/mol. The van der Waals surface area contributed by atoms with E-state index in [1.165, 1.54) is 12.8 Å². The molecule has 0 aliphatic heterocycles. The molecule has 0 bridgehead atoms. The van der Waals surface area contributed by atoms with Gasteiger partial charge < -0.3 is 10.6 Å². The molecule has 0 aromatic carbocycles. The Morgan fingerprint density at radius 3 is 2.78 bits per heavy atom. The first kappa shape index (κ1) is 12.9. The van der Waals surface area contributed by atoms with Gasteiger partial charge in [-0.25, -0.2) is 4.98 Å². The van der Waals surface area contributed by atoms with Crippen molar-refractivity contribution in [3.8, 4) is 0 Å². The van der Waals surface area contributed by atoms with E-state index in [1.54, 1.807) is 12.3 Å². The fourth-order valence-corrected chi connectivity index (χ4v) is 1.64. The van der Waals surface area contributed by atoms with Crippen LogP contribution >= 0.6 is 0 Å². The molecule has 0 unspecified atom stereocenters. The summed E-state index contributed by atoms with van der Waals surface area (Å²) in [5, 5.41) is 6.23. The van der Waals surface area contributed by atoms with Crippen LogP contribution in [-0.2, 0) is 0 Å². The van der Waals surface area contributed by atoms with Gasteiger partial charge >= 0.3 is 0 Å². The molecule has 98 valence electrons. The Bertz CT molecular complexity index is 396. The van der Waals surface area contributed by atoms with E-state index >= 15 is 0 Å². The standard InChI is InChI=1S/C14H21N3O/c1-10(2)7-8-15-14(18)13-6-5-12(9-16-13)17-11-3-4-11/h5-6,9-11,17H,3-4,7-8H2,1-2H3,(H,15,18). The van der Waals surface area contributed by atoms with Gasteiger partial charge in [-0.1, -0.05) is 13.8 Å². The highest BCUT2D eigenvalue weighted by Crippen LogP contribution is 2.24. The minimum atomic E-state index is -0.0892. The fraction of sp³-hybridized carbons (Fsp3) is 0.571. The van der Waals surface area contributed by atoms with E-state index in [0.717, 1.165) is 12.1 Å². The summed E-state index contributed by atoms with van der Waals surface area (Å²) in [4.78, 5) is 16.0. The monoisotopic (exact) mass is 247 g/mol. The third-order valence-corrected chi connectivity index (χ3v) is 2.95. The average Bonchev–Trinajstić information content (AvgIpc) is 3.13. The number of amides is 1. The number of pyridine rings is 1. The molecule has 0 spiro atoms. The van der Waals surface area contributed by atoms with Crippen molar-refractivity contribution in [3.05, 3.63) is 24.0 Å². The second-order valence-corrected chi connectivity index (χ2v) is 5.29. The predicted octanol–water partition coefficient (Wildman–Crippen LogP) is 2.43. The molecule has 0 atom stereocenters. The molecule has 1 saturated carbocycles. The molecule has 2 rings (SSSR count). The highest BCUT2D eigenvalue weighted by atomic mass is 16.1. The van der Waals surface area contributed by atoms with Crippen LogP contribution in [0.5, 0.6) is 0 Å². The summed E-state index contributed by atoms with van der Waals surface area (Å²) in [6, 6.07) is 4.30. The smallest absolute Gasteiger partial charge is 0.269 e. The van der Waals surface area contributed by atoms with Gasteiger partial charge in [0.05, 0.1) is 11.9 Å². The number of aromatic nitrogens is 1. The van der Waals surface area contributed by atoms with E-state index in [2.05, 4.69) is 29.5 Å². The van der Waals surface area contributed by atoms with Crippen molar-refractivity contribution in [2.75, 3.05) is 11.9 Å². The maximum Gasteiger partial charge on any atom is 0.269 e. The average molecular weight is 247 g/mol. The Kier molecular flexibility index (Phi) is 4.18. The van der Waals surface area contributed by atoms with Crippen molar-refractivity contribution in [1.29, 1.82) is 0 Å². The minimum absolute atomic E-state index is 0.0892. The molecule has 1 aromatic heterocycles. The summed E-state index contributed by atoms with van der Waals surface area (Å²) in [5.74, 6) is 0.511. The Balaban J connectivity index is 1.81. The van der Waals surface area contributed by atoms with Crippen LogP contribution in [0, 0.1) is 5.92 Å². The van der Waals surface area contributed by atoms with E-state index in [0.29, 0.717) is 24.2 Å². The first-order valence-electron chi connectivity index (χ1n) is 6.66. The Hall–Kier alpha value is -1.58. The van der Waals surface area contributed by atoms with Gasteiger partial charge in [-0.2, -0.15) is 0 Å². The van der Waals surface area contributed by atoms with Crippen molar-refractivity contribution in [1.82, 2.24) is 10.3 Å². The molecule has 1 fully saturated rings. The molecule has 0 radical (unpaired) electrons. The number of carbonyl (C=O) groups excluding carboxylic acids is 1. The number of hydrogen-bond acceptors (Lipinski definition) is 3. The van der Waals surface area contributed by atoms with Gasteiger partial charge in [0, 0.05) is 12.6 Å². The summed E-state index contributed by atoms with van der Waals surface area (Å²) < 4.78 is 0. The van der Waals surface area contributed by atoms with Gasteiger partial charge in [0.25, 0.3) is 5.91 Å². The van der Waals surface area contributed by atoms with E-state index in [4.69, 9.17) is 0 Å². The van der Waals surface area contributed by atoms with Crippen LogP contribution in [0.1, 0.15) is 43.6 Å². The molecule has 18 heavy (non-hydrogen) atoms. The van der Waals surface area contributed by atoms with Crippen molar-refractivity contribution in [2.45, 2.75) is 39.2 Å². The molecule has 1 heterocycles. The molecule has 4 heteroatoms. The Morgan fingerprint density at radius 1 is 1.44 bits per heavy atom. The molecular formula is C14H21N3O. The summed E-state index contributed by atoms with van der Waals surface area (Å²) in [7, 11) is 0. The third kappa shape index (κ3) is 4.02. The summed E-state index contributed by atoms with van der Waals surface area (Å²) in [5.41, 5.74) is 1.48. The third-order valence-electron chi connectivity index (χ3n) is 2.95. The normalized spacial score (nSPS) is 14.6. The lowest BCUT2D eigenvalue weighted by Gasteiger charge is -2.07. The lowest BCUT2D eigenvalue weighted by Crippen LogP contribution is -2.26. The molecule has 1 amide bonds.